The fourth-order valence-electron chi connectivity index (χ4n) is 3.79. The number of unbranched alkanes of at least 4 members (excludes halogenated alkanes) is 5. The molecule has 0 radical (unpaired) electrons. The molecule has 1 nitrogen and oxygen atoms in total. The Morgan fingerprint density at radius 2 is 0.952 bits per heavy atom. The van der Waals surface area contributed by atoms with Crippen LogP contribution in [0.4, 0.5) is 0 Å². The molecule has 1 saturated carbocycles. The Kier molecular flexibility index (Phi) is 13.5. The van der Waals surface area contributed by atoms with Crippen molar-refractivity contribution in [3.05, 3.63) is 0 Å². The molecule has 0 saturated heterocycles. The molecular formula is C20H40O. The summed E-state index contributed by atoms with van der Waals surface area (Å²) in [4.78, 5) is 0. The molecule has 0 aliphatic heterocycles. The molecule has 0 amide bonds. The Labute approximate surface area is 133 Å². The highest BCUT2D eigenvalue weighted by molar-refractivity contribution is 4.63. The highest BCUT2D eigenvalue weighted by atomic mass is 16.2. The normalized spacial score (nSPS) is 19.9. The van der Waals surface area contributed by atoms with Crippen LogP contribution in [0, 0.1) is 5.92 Å². The van der Waals surface area contributed by atoms with Gasteiger partial charge in [-0.25, -0.2) is 0 Å². The maximum Gasteiger partial charge on any atom is 0.0431 e. The highest BCUT2D eigenvalue weighted by Crippen LogP contribution is 2.25. The Bertz CT molecular complexity index is 190. The molecule has 1 fully saturated rings. The Morgan fingerprint density at radius 1 is 0.524 bits per heavy atom. The van der Waals surface area contributed by atoms with E-state index in [1.54, 1.807) is 0 Å². The van der Waals surface area contributed by atoms with Crippen LogP contribution in [0.5, 0.6) is 0 Å². The second kappa shape index (κ2) is 14.9. The Hall–Kier alpha value is -0.0400. The van der Waals surface area contributed by atoms with Gasteiger partial charge in [-0.05, 0) is 12.3 Å². The number of hydrogen-bond donors (Lipinski definition) is 1. The summed E-state index contributed by atoms with van der Waals surface area (Å²) in [5.41, 5.74) is 0. The molecule has 0 spiro atoms. The molecule has 126 valence electrons. The summed E-state index contributed by atoms with van der Waals surface area (Å²) in [6.45, 7) is 0.377. The number of aliphatic hydroxyl groups is 1. The second-order valence-electron chi connectivity index (χ2n) is 7.26. The van der Waals surface area contributed by atoms with Gasteiger partial charge in [0, 0.05) is 6.61 Å². The lowest BCUT2D eigenvalue weighted by atomic mass is 9.89. The van der Waals surface area contributed by atoms with E-state index in [2.05, 4.69) is 0 Å². The molecule has 0 aromatic carbocycles. The summed E-state index contributed by atoms with van der Waals surface area (Å²) >= 11 is 0. The van der Waals surface area contributed by atoms with E-state index in [1.807, 2.05) is 0 Å². The van der Waals surface area contributed by atoms with Crippen molar-refractivity contribution in [2.45, 2.75) is 116 Å². The SMILES string of the molecule is OCCCCCCCCC1CCCCCCCCCCC1. The van der Waals surface area contributed by atoms with Crippen LogP contribution in [-0.4, -0.2) is 11.7 Å². The minimum Gasteiger partial charge on any atom is -0.396 e. The van der Waals surface area contributed by atoms with E-state index in [-0.39, 0.29) is 0 Å². The van der Waals surface area contributed by atoms with Crippen molar-refractivity contribution in [3.63, 3.8) is 0 Å². The zero-order chi connectivity index (χ0) is 15.0. The van der Waals surface area contributed by atoms with E-state index < -0.39 is 0 Å². The van der Waals surface area contributed by atoms with Gasteiger partial charge < -0.3 is 5.11 Å². The zero-order valence-electron chi connectivity index (χ0n) is 14.5. The average Bonchev–Trinajstić information content (AvgIpc) is 2.48. The fourth-order valence-corrected chi connectivity index (χ4v) is 3.79. The highest BCUT2D eigenvalue weighted by Gasteiger charge is 2.09. The van der Waals surface area contributed by atoms with E-state index in [1.165, 1.54) is 109 Å². The van der Waals surface area contributed by atoms with Gasteiger partial charge in [0.2, 0.25) is 0 Å². The van der Waals surface area contributed by atoms with Crippen LogP contribution in [-0.2, 0) is 0 Å². The zero-order valence-corrected chi connectivity index (χ0v) is 14.5. The molecule has 1 aliphatic carbocycles. The van der Waals surface area contributed by atoms with E-state index in [4.69, 9.17) is 5.11 Å². The van der Waals surface area contributed by atoms with Crippen LogP contribution in [0.15, 0.2) is 0 Å². The smallest absolute Gasteiger partial charge is 0.0431 e. The van der Waals surface area contributed by atoms with Gasteiger partial charge >= 0.3 is 0 Å². The van der Waals surface area contributed by atoms with Crippen molar-refractivity contribution < 1.29 is 5.11 Å². The van der Waals surface area contributed by atoms with Gasteiger partial charge in [0.25, 0.3) is 0 Å². The molecule has 1 aliphatic rings. The topological polar surface area (TPSA) is 20.2 Å². The monoisotopic (exact) mass is 296 g/mol. The fraction of sp³-hybridized carbons (Fsp3) is 1.00. The average molecular weight is 297 g/mol. The maximum atomic E-state index is 8.77. The summed E-state index contributed by atoms with van der Waals surface area (Å²) < 4.78 is 0. The van der Waals surface area contributed by atoms with Gasteiger partial charge in [-0.2, -0.15) is 0 Å². The molecule has 1 N–H and O–H groups in total. The predicted molar refractivity (Wildman–Crippen MR) is 93.7 cm³/mol. The van der Waals surface area contributed by atoms with Crippen LogP contribution >= 0.6 is 0 Å². The lowest BCUT2D eigenvalue weighted by Crippen LogP contribution is -2.02. The Morgan fingerprint density at radius 3 is 1.48 bits per heavy atom. The van der Waals surface area contributed by atoms with Crippen molar-refractivity contribution in [2.24, 2.45) is 5.92 Å². The lowest BCUT2D eigenvalue weighted by Gasteiger charge is -2.17. The maximum absolute atomic E-state index is 8.77. The first-order valence-corrected chi connectivity index (χ1v) is 10.0. The first-order valence-electron chi connectivity index (χ1n) is 10.0. The van der Waals surface area contributed by atoms with Crippen LogP contribution in [0.1, 0.15) is 116 Å². The molecule has 0 aromatic heterocycles. The standard InChI is InChI=1S/C20H40O/c21-19-15-11-7-6-10-14-18-20-16-12-8-4-2-1-3-5-9-13-17-20/h20-21H,1-19H2. The third kappa shape index (κ3) is 12.2. The van der Waals surface area contributed by atoms with Crippen molar-refractivity contribution in [2.75, 3.05) is 6.61 Å². The largest absolute Gasteiger partial charge is 0.396 e. The third-order valence-electron chi connectivity index (χ3n) is 5.25. The molecule has 1 heteroatoms. The van der Waals surface area contributed by atoms with Crippen molar-refractivity contribution in [1.82, 2.24) is 0 Å². The van der Waals surface area contributed by atoms with Gasteiger partial charge in [0.1, 0.15) is 0 Å². The molecule has 0 aromatic rings. The van der Waals surface area contributed by atoms with Gasteiger partial charge in [-0.3, -0.25) is 0 Å². The quantitative estimate of drug-likeness (QED) is 0.498. The molecule has 0 bridgehead atoms. The molecular weight excluding hydrogens is 256 g/mol. The summed E-state index contributed by atoms with van der Waals surface area (Å²) in [6, 6.07) is 0. The van der Waals surface area contributed by atoms with Crippen molar-refractivity contribution in [3.8, 4) is 0 Å². The van der Waals surface area contributed by atoms with Crippen molar-refractivity contribution in [1.29, 1.82) is 0 Å². The summed E-state index contributed by atoms with van der Waals surface area (Å²) in [5.74, 6) is 1.03. The number of hydrogen-bond acceptors (Lipinski definition) is 1. The summed E-state index contributed by atoms with van der Waals surface area (Å²) in [5, 5.41) is 8.77. The molecule has 0 unspecified atom stereocenters. The number of aliphatic hydroxyl groups excluding tert-OH is 1. The lowest BCUT2D eigenvalue weighted by molar-refractivity contribution is 0.282. The minimum atomic E-state index is 0.377. The van der Waals surface area contributed by atoms with Gasteiger partial charge in [0.05, 0.1) is 0 Å². The van der Waals surface area contributed by atoms with Crippen LogP contribution < -0.4 is 0 Å². The second-order valence-corrected chi connectivity index (χ2v) is 7.26. The van der Waals surface area contributed by atoms with Crippen LogP contribution in [0.3, 0.4) is 0 Å². The van der Waals surface area contributed by atoms with Crippen LogP contribution in [0.2, 0.25) is 0 Å². The van der Waals surface area contributed by atoms with Gasteiger partial charge in [0.15, 0.2) is 0 Å². The molecule has 1 rings (SSSR count). The Balaban J connectivity index is 2.05. The first-order chi connectivity index (χ1) is 10.4. The molecule has 21 heavy (non-hydrogen) atoms. The molecule has 0 atom stereocenters. The summed E-state index contributed by atoms with van der Waals surface area (Å²) in [6.07, 6.45) is 25.7. The number of rotatable bonds is 8. The van der Waals surface area contributed by atoms with E-state index in [0.29, 0.717) is 6.61 Å². The van der Waals surface area contributed by atoms with Gasteiger partial charge in [-0.1, -0.05) is 109 Å². The predicted octanol–water partition coefficient (Wildman–Crippen LogP) is 6.63. The molecule has 0 heterocycles. The summed E-state index contributed by atoms with van der Waals surface area (Å²) in [7, 11) is 0. The minimum absolute atomic E-state index is 0.377. The third-order valence-corrected chi connectivity index (χ3v) is 5.25. The van der Waals surface area contributed by atoms with Crippen LogP contribution in [0.25, 0.3) is 0 Å². The van der Waals surface area contributed by atoms with E-state index in [9.17, 15) is 0 Å². The van der Waals surface area contributed by atoms with Crippen molar-refractivity contribution >= 4 is 0 Å². The van der Waals surface area contributed by atoms with E-state index in [0.717, 1.165) is 12.3 Å². The first kappa shape index (κ1) is 19.0. The van der Waals surface area contributed by atoms with Gasteiger partial charge in [-0.15, -0.1) is 0 Å². The van der Waals surface area contributed by atoms with E-state index >= 15 is 0 Å².